The first-order chi connectivity index (χ1) is 9.08. The van der Waals surface area contributed by atoms with Gasteiger partial charge >= 0.3 is 0 Å². The number of anilines is 1. The van der Waals surface area contributed by atoms with E-state index in [0.717, 1.165) is 31.9 Å². The van der Waals surface area contributed by atoms with Gasteiger partial charge < -0.3 is 10.6 Å². The molecule has 2 rings (SSSR count). The maximum absolute atomic E-state index is 12.2. The standard InChI is InChI=1S/C15H23N3O/c1-11-4-5-14(10-12(11)2)17-15(19)13(3)18-8-6-16-7-9-18/h4-5,10,13,16H,6-9H2,1-3H3,(H,17,19). The minimum atomic E-state index is -0.0799. The van der Waals surface area contributed by atoms with Gasteiger partial charge in [0.25, 0.3) is 0 Å². The lowest BCUT2D eigenvalue weighted by Crippen LogP contribution is -2.51. The highest BCUT2D eigenvalue weighted by molar-refractivity contribution is 5.94. The van der Waals surface area contributed by atoms with E-state index in [4.69, 9.17) is 0 Å². The molecule has 1 heterocycles. The van der Waals surface area contributed by atoms with Crippen molar-refractivity contribution in [2.24, 2.45) is 0 Å². The quantitative estimate of drug-likeness (QED) is 0.867. The normalized spacial score (nSPS) is 18.1. The largest absolute Gasteiger partial charge is 0.325 e. The minimum Gasteiger partial charge on any atom is -0.325 e. The molecule has 0 radical (unpaired) electrons. The summed E-state index contributed by atoms with van der Waals surface area (Å²) >= 11 is 0. The van der Waals surface area contributed by atoms with Crippen LogP contribution in [0.15, 0.2) is 18.2 Å². The zero-order chi connectivity index (χ0) is 13.8. The summed E-state index contributed by atoms with van der Waals surface area (Å²) in [6, 6.07) is 5.95. The zero-order valence-corrected chi connectivity index (χ0v) is 12.0. The van der Waals surface area contributed by atoms with Crippen LogP contribution in [0, 0.1) is 13.8 Å². The van der Waals surface area contributed by atoms with Gasteiger partial charge in [-0.25, -0.2) is 0 Å². The number of benzene rings is 1. The predicted octanol–water partition coefficient (Wildman–Crippen LogP) is 1.54. The van der Waals surface area contributed by atoms with E-state index < -0.39 is 0 Å². The van der Waals surface area contributed by atoms with Crippen LogP contribution in [0.3, 0.4) is 0 Å². The van der Waals surface area contributed by atoms with Crippen LogP contribution < -0.4 is 10.6 Å². The van der Waals surface area contributed by atoms with Gasteiger partial charge in [-0.15, -0.1) is 0 Å². The van der Waals surface area contributed by atoms with Gasteiger partial charge in [0.05, 0.1) is 6.04 Å². The number of nitrogens with zero attached hydrogens (tertiary/aromatic N) is 1. The third-order valence-corrected chi connectivity index (χ3v) is 3.85. The molecule has 1 atom stereocenters. The minimum absolute atomic E-state index is 0.0742. The molecule has 1 unspecified atom stereocenters. The number of aryl methyl sites for hydroxylation is 2. The van der Waals surface area contributed by atoms with Crippen molar-refractivity contribution >= 4 is 11.6 Å². The number of nitrogens with one attached hydrogen (secondary N) is 2. The Hall–Kier alpha value is -1.39. The lowest BCUT2D eigenvalue weighted by Gasteiger charge is -2.31. The molecule has 1 aliphatic heterocycles. The van der Waals surface area contributed by atoms with E-state index in [2.05, 4.69) is 29.4 Å². The third kappa shape index (κ3) is 3.55. The van der Waals surface area contributed by atoms with Crippen molar-refractivity contribution in [3.8, 4) is 0 Å². The Morgan fingerprint density at radius 3 is 2.58 bits per heavy atom. The van der Waals surface area contributed by atoms with Gasteiger partial charge in [-0.1, -0.05) is 6.07 Å². The molecule has 1 aromatic rings. The molecule has 2 N–H and O–H groups in total. The highest BCUT2D eigenvalue weighted by atomic mass is 16.2. The SMILES string of the molecule is Cc1ccc(NC(=O)C(C)N2CCNCC2)cc1C. The fourth-order valence-corrected chi connectivity index (χ4v) is 2.30. The molecule has 4 nitrogen and oxygen atoms in total. The van der Waals surface area contributed by atoms with Gasteiger partial charge in [0.2, 0.25) is 5.91 Å². The first-order valence-corrected chi connectivity index (χ1v) is 6.91. The molecule has 1 aliphatic rings. The highest BCUT2D eigenvalue weighted by Gasteiger charge is 2.22. The molecule has 1 aromatic carbocycles. The van der Waals surface area contributed by atoms with Crippen LogP contribution >= 0.6 is 0 Å². The van der Waals surface area contributed by atoms with Crippen LogP contribution in [-0.4, -0.2) is 43.0 Å². The number of hydrogen-bond donors (Lipinski definition) is 2. The van der Waals surface area contributed by atoms with Crippen molar-refractivity contribution in [2.75, 3.05) is 31.5 Å². The summed E-state index contributed by atoms with van der Waals surface area (Å²) < 4.78 is 0. The monoisotopic (exact) mass is 261 g/mol. The summed E-state index contributed by atoms with van der Waals surface area (Å²) in [5.74, 6) is 0.0742. The molecule has 0 bridgehead atoms. The van der Waals surface area contributed by atoms with Gasteiger partial charge in [0.1, 0.15) is 0 Å². The maximum Gasteiger partial charge on any atom is 0.241 e. The average molecular weight is 261 g/mol. The second-order valence-corrected chi connectivity index (χ2v) is 5.25. The van der Waals surface area contributed by atoms with Crippen LogP contribution in [0.25, 0.3) is 0 Å². The number of hydrogen-bond acceptors (Lipinski definition) is 3. The summed E-state index contributed by atoms with van der Waals surface area (Å²) in [7, 11) is 0. The molecular formula is C15H23N3O. The Bertz CT molecular complexity index is 453. The van der Waals surface area contributed by atoms with Crippen LogP contribution in [0.5, 0.6) is 0 Å². The Labute approximate surface area is 115 Å². The summed E-state index contributed by atoms with van der Waals surface area (Å²) in [6.07, 6.45) is 0. The molecule has 19 heavy (non-hydrogen) atoms. The van der Waals surface area contributed by atoms with Crippen LogP contribution in [0.1, 0.15) is 18.1 Å². The van der Waals surface area contributed by atoms with Crippen LogP contribution in [0.4, 0.5) is 5.69 Å². The second-order valence-electron chi connectivity index (χ2n) is 5.25. The molecule has 1 saturated heterocycles. The molecule has 1 fully saturated rings. The number of carbonyl (C=O) groups is 1. The summed E-state index contributed by atoms with van der Waals surface area (Å²) in [5.41, 5.74) is 3.33. The van der Waals surface area contributed by atoms with Crippen LogP contribution in [-0.2, 0) is 4.79 Å². The van der Waals surface area contributed by atoms with E-state index in [1.807, 2.05) is 25.1 Å². The van der Waals surface area contributed by atoms with E-state index in [9.17, 15) is 4.79 Å². The lowest BCUT2D eigenvalue weighted by atomic mass is 10.1. The maximum atomic E-state index is 12.2. The fourth-order valence-electron chi connectivity index (χ4n) is 2.30. The van der Waals surface area contributed by atoms with Crippen molar-refractivity contribution in [1.82, 2.24) is 10.2 Å². The molecule has 0 aliphatic carbocycles. The first-order valence-electron chi connectivity index (χ1n) is 6.91. The molecule has 1 amide bonds. The van der Waals surface area contributed by atoms with E-state index in [1.54, 1.807) is 0 Å². The summed E-state index contributed by atoms with van der Waals surface area (Å²) in [5, 5.41) is 6.30. The number of rotatable bonds is 3. The summed E-state index contributed by atoms with van der Waals surface area (Å²) in [6.45, 7) is 9.89. The Morgan fingerprint density at radius 2 is 1.95 bits per heavy atom. The first kappa shape index (κ1) is 14.0. The average Bonchev–Trinajstić information content (AvgIpc) is 2.43. The Morgan fingerprint density at radius 1 is 1.26 bits per heavy atom. The van der Waals surface area contributed by atoms with Crippen molar-refractivity contribution in [3.05, 3.63) is 29.3 Å². The predicted molar refractivity (Wildman–Crippen MR) is 78.5 cm³/mol. The second kappa shape index (κ2) is 6.17. The van der Waals surface area contributed by atoms with Gasteiger partial charge in [-0.3, -0.25) is 9.69 Å². The zero-order valence-electron chi connectivity index (χ0n) is 12.0. The molecule has 4 heteroatoms. The van der Waals surface area contributed by atoms with Crippen molar-refractivity contribution < 1.29 is 4.79 Å². The van der Waals surface area contributed by atoms with Gasteiger partial charge in [-0.2, -0.15) is 0 Å². The van der Waals surface area contributed by atoms with Crippen molar-refractivity contribution in [1.29, 1.82) is 0 Å². The highest BCUT2D eigenvalue weighted by Crippen LogP contribution is 2.15. The fraction of sp³-hybridized carbons (Fsp3) is 0.533. The van der Waals surface area contributed by atoms with E-state index in [-0.39, 0.29) is 11.9 Å². The van der Waals surface area contributed by atoms with E-state index in [0.29, 0.717) is 0 Å². The molecule has 104 valence electrons. The third-order valence-electron chi connectivity index (χ3n) is 3.85. The van der Waals surface area contributed by atoms with Crippen LogP contribution in [0.2, 0.25) is 0 Å². The molecule has 0 saturated carbocycles. The number of carbonyl (C=O) groups excluding carboxylic acids is 1. The topological polar surface area (TPSA) is 44.4 Å². The molecule has 0 aromatic heterocycles. The van der Waals surface area contributed by atoms with Gasteiger partial charge in [0, 0.05) is 31.9 Å². The Kier molecular flexibility index (Phi) is 4.56. The van der Waals surface area contributed by atoms with Gasteiger partial charge in [-0.05, 0) is 44.0 Å². The smallest absolute Gasteiger partial charge is 0.241 e. The van der Waals surface area contributed by atoms with E-state index >= 15 is 0 Å². The molecular weight excluding hydrogens is 238 g/mol. The number of amides is 1. The summed E-state index contributed by atoms with van der Waals surface area (Å²) in [4.78, 5) is 14.4. The Balaban J connectivity index is 1.97. The lowest BCUT2D eigenvalue weighted by molar-refractivity contribution is -0.120. The van der Waals surface area contributed by atoms with Crippen molar-refractivity contribution in [3.63, 3.8) is 0 Å². The number of piperazine rings is 1. The van der Waals surface area contributed by atoms with Crippen molar-refractivity contribution in [2.45, 2.75) is 26.8 Å². The molecule has 0 spiro atoms. The van der Waals surface area contributed by atoms with E-state index in [1.165, 1.54) is 11.1 Å². The van der Waals surface area contributed by atoms with Gasteiger partial charge in [0.15, 0.2) is 0 Å².